The second-order valence-corrected chi connectivity index (χ2v) is 4.90. The van der Waals surface area contributed by atoms with E-state index in [0.29, 0.717) is 17.0 Å². The quantitative estimate of drug-likeness (QED) is 0.813. The number of hydrogen-bond acceptors (Lipinski definition) is 4. The van der Waals surface area contributed by atoms with Crippen LogP contribution in [-0.2, 0) is 11.3 Å². The summed E-state index contributed by atoms with van der Waals surface area (Å²) in [7, 11) is 0. The predicted molar refractivity (Wildman–Crippen MR) is 79.5 cm³/mol. The average molecular weight is 339 g/mol. The number of carbonyl (C=O) groups is 1. The van der Waals surface area contributed by atoms with Gasteiger partial charge in [-0.1, -0.05) is 12.1 Å². The van der Waals surface area contributed by atoms with Crippen LogP contribution in [0.5, 0.6) is 5.75 Å². The molecule has 0 radical (unpaired) electrons. The van der Waals surface area contributed by atoms with Gasteiger partial charge in [-0.2, -0.15) is 0 Å². The molecule has 0 bridgehead atoms. The molecule has 2 rings (SSSR count). The minimum absolute atomic E-state index is 0.194. The van der Waals surface area contributed by atoms with Crippen LogP contribution in [0.1, 0.15) is 12.2 Å². The topological polar surface area (TPSA) is 77.5 Å². The van der Waals surface area contributed by atoms with Crippen molar-refractivity contribution in [3.05, 3.63) is 46.8 Å². The van der Waals surface area contributed by atoms with E-state index in [0.717, 1.165) is 11.4 Å². The molecule has 0 atom stereocenters. The van der Waals surface area contributed by atoms with Crippen molar-refractivity contribution in [2.24, 2.45) is 5.73 Å². The Kier molecular flexibility index (Phi) is 5.06. The van der Waals surface area contributed by atoms with Crippen molar-refractivity contribution in [1.82, 2.24) is 0 Å². The fraction of sp³-hybridized carbons (Fsp3) is 0.214. The van der Waals surface area contributed by atoms with Crippen molar-refractivity contribution in [2.45, 2.75) is 13.0 Å². The minimum atomic E-state index is -0.379. The molecule has 106 valence electrons. The zero-order valence-corrected chi connectivity index (χ0v) is 12.4. The molecule has 0 spiro atoms. The van der Waals surface area contributed by atoms with Crippen molar-refractivity contribution in [3.8, 4) is 5.75 Å². The van der Waals surface area contributed by atoms with Crippen LogP contribution in [0.15, 0.2) is 45.5 Å². The number of amides is 1. The Morgan fingerprint density at radius 2 is 2.10 bits per heavy atom. The lowest BCUT2D eigenvalue weighted by molar-refractivity contribution is -0.118. The van der Waals surface area contributed by atoms with E-state index >= 15 is 0 Å². The lowest BCUT2D eigenvalue weighted by Crippen LogP contribution is -2.15. The molecule has 2 aromatic rings. The third-order valence-corrected chi connectivity index (χ3v) is 3.00. The molecule has 1 aromatic carbocycles. The van der Waals surface area contributed by atoms with Crippen molar-refractivity contribution >= 4 is 27.5 Å². The smallest absolute Gasteiger partial charge is 0.220 e. The SMILES string of the molecule is NC(=O)CCOc1ccccc1NCc1ccc(Br)o1. The number of nitrogens with one attached hydrogen (secondary N) is 1. The Bertz CT molecular complexity index is 583. The Labute approximate surface area is 125 Å². The first kappa shape index (κ1) is 14.5. The van der Waals surface area contributed by atoms with E-state index in [2.05, 4.69) is 21.2 Å². The summed E-state index contributed by atoms with van der Waals surface area (Å²) in [4.78, 5) is 10.7. The standard InChI is InChI=1S/C14H15BrN2O3/c15-13-6-5-10(20-13)9-17-11-3-1-2-4-12(11)19-8-7-14(16)18/h1-6,17H,7-9H2,(H2,16,18). The van der Waals surface area contributed by atoms with Crippen LogP contribution in [0.3, 0.4) is 0 Å². The lowest BCUT2D eigenvalue weighted by Gasteiger charge is -2.12. The number of carbonyl (C=O) groups excluding carboxylic acids is 1. The molecule has 1 amide bonds. The Balaban J connectivity index is 1.94. The molecular weight excluding hydrogens is 324 g/mol. The van der Waals surface area contributed by atoms with Crippen LogP contribution in [0.25, 0.3) is 0 Å². The van der Waals surface area contributed by atoms with Crippen LogP contribution in [0.4, 0.5) is 5.69 Å². The van der Waals surface area contributed by atoms with Gasteiger partial charge in [0.15, 0.2) is 4.67 Å². The summed E-state index contributed by atoms with van der Waals surface area (Å²) in [5.74, 6) is 1.11. The van der Waals surface area contributed by atoms with Crippen LogP contribution < -0.4 is 15.8 Å². The number of para-hydroxylation sites is 2. The zero-order valence-electron chi connectivity index (χ0n) is 10.8. The van der Waals surface area contributed by atoms with Crippen molar-refractivity contribution < 1.29 is 13.9 Å². The molecule has 0 fully saturated rings. The third kappa shape index (κ3) is 4.31. The molecule has 1 aromatic heterocycles. The highest BCUT2D eigenvalue weighted by Crippen LogP contribution is 2.25. The van der Waals surface area contributed by atoms with Gasteiger partial charge in [-0.05, 0) is 40.2 Å². The summed E-state index contributed by atoms with van der Waals surface area (Å²) < 4.78 is 11.6. The lowest BCUT2D eigenvalue weighted by atomic mass is 10.3. The van der Waals surface area contributed by atoms with E-state index in [1.807, 2.05) is 36.4 Å². The second-order valence-electron chi connectivity index (χ2n) is 4.12. The van der Waals surface area contributed by atoms with E-state index in [1.165, 1.54) is 0 Å². The third-order valence-electron chi connectivity index (χ3n) is 2.58. The number of hydrogen-bond donors (Lipinski definition) is 2. The highest BCUT2D eigenvalue weighted by Gasteiger charge is 2.05. The summed E-state index contributed by atoms with van der Waals surface area (Å²) in [5.41, 5.74) is 5.92. The van der Waals surface area contributed by atoms with Gasteiger partial charge in [0.1, 0.15) is 11.5 Å². The maximum Gasteiger partial charge on any atom is 0.220 e. The number of ether oxygens (including phenoxy) is 1. The Morgan fingerprint density at radius 1 is 1.30 bits per heavy atom. The minimum Gasteiger partial charge on any atom is -0.491 e. The molecular formula is C14H15BrN2O3. The number of anilines is 1. The molecule has 5 nitrogen and oxygen atoms in total. The highest BCUT2D eigenvalue weighted by molar-refractivity contribution is 9.10. The maximum absolute atomic E-state index is 10.7. The molecule has 0 saturated heterocycles. The molecule has 1 heterocycles. The van der Waals surface area contributed by atoms with E-state index in [9.17, 15) is 4.79 Å². The van der Waals surface area contributed by atoms with Gasteiger partial charge in [0.05, 0.1) is 25.3 Å². The monoisotopic (exact) mass is 338 g/mol. The van der Waals surface area contributed by atoms with Crippen molar-refractivity contribution in [2.75, 3.05) is 11.9 Å². The van der Waals surface area contributed by atoms with E-state index in [1.54, 1.807) is 0 Å². The Morgan fingerprint density at radius 3 is 2.80 bits per heavy atom. The molecule has 6 heteroatoms. The summed E-state index contributed by atoms with van der Waals surface area (Å²) >= 11 is 3.26. The number of furan rings is 1. The second kappa shape index (κ2) is 7.00. The molecule has 0 saturated carbocycles. The first-order valence-electron chi connectivity index (χ1n) is 6.13. The Hall–Kier alpha value is -1.95. The molecule has 0 aliphatic heterocycles. The number of primary amides is 1. The van der Waals surface area contributed by atoms with Crippen LogP contribution in [0, 0.1) is 0 Å². The van der Waals surface area contributed by atoms with Crippen LogP contribution in [-0.4, -0.2) is 12.5 Å². The van der Waals surface area contributed by atoms with Crippen molar-refractivity contribution in [3.63, 3.8) is 0 Å². The fourth-order valence-corrected chi connectivity index (χ4v) is 1.97. The molecule has 0 aliphatic rings. The van der Waals surface area contributed by atoms with Gasteiger partial charge in [-0.3, -0.25) is 4.79 Å². The van der Waals surface area contributed by atoms with Gasteiger partial charge >= 0.3 is 0 Å². The predicted octanol–water partition coefficient (Wildman–Crippen LogP) is 2.91. The normalized spacial score (nSPS) is 10.2. The average Bonchev–Trinajstić information content (AvgIpc) is 2.83. The van der Waals surface area contributed by atoms with Gasteiger partial charge in [0.25, 0.3) is 0 Å². The number of rotatable bonds is 7. The van der Waals surface area contributed by atoms with Crippen LogP contribution in [0.2, 0.25) is 0 Å². The van der Waals surface area contributed by atoms with Gasteiger partial charge < -0.3 is 20.2 Å². The number of benzene rings is 1. The van der Waals surface area contributed by atoms with Gasteiger partial charge in [-0.15, -0.1) is 0 Å². The van der Waals surface area contributed by atoms with E-state index in [4.69, 9.17) is 14.9 Å². The summed E-state index contributed by atoms with van der Waals surface area (Å²) in [6.07, 6.45) is 0.194. The fourth-order valence-electron chi connectivity index (χ4n) is 1.63. The van der Waals surface area contributed by atoms with Gasteiger partial charge in [-0.25, -0.2) is 0 Å². The zero-order chi connectivity index (χ0) is 14.4. The van der Waals surface area contributed by atoms with Gasteiger partial charge in [0.2, 0.25) is 5.91 Å². The maximum atomic E-state index is 10.7. The van der Waals surface area contributed by atoms with Crippen LogP contribution >= 0.6 is 15.9 Å². The molecule has 3 N–H and O–H groups in total. The molecule has 0 aliphatic carbocycles. The molecule has 20 heavy (non-hydrogen) atoms. The van der Waals surface area contributed by atoms with Gasteiger partial charge in [0, 0.05) is 0 Å². The largest absolute Gasteiger partial charge is 0.491 e. The van der Waals surface area contributed by atoms with Crippen molar-refractivity contribution in [1.29, 1.82) is 0 Å². The summed E-state index contributed by atoms with van der Waals surface area (Å²) in [6.45, 7) is 0.808. The number of nitrogens with two attached hydrogens (primary N) is 1. The highest BCUT2D eigenvalue weighted by atomic mass is 79.9. The van der Waals surface area contributed by atoms with E-state index < -0.39 is 0 Å². The first-order chi connectivity index (χ1) is 9.65. The van der Waals surface area contributed by atoms with E-state index in [-0.39, 0.29) is 18.9 Å². The summed E-state index contributed by atoms with van der Waals surface area (Å²) in [6, 6.07) is 11.2. The summed E-state index contributed by atoms with van der Waals surface area (Å²) in [5, 5.41) is 3.23. The first-order valence-corrected chi connectivity index (χ1v) is 6.92. The number of halogens is 1. The molecule has 0 unspecified atom stereocenters.